The van der Waals surface area contributed by atoms with Crippen molar-refractivity contribution < 1.29 is 9.59 Å². The summed E-state index contributed by atoms with van der Waals surface area (Å²) in [5, 5.41) is 0. The Bertz CT molecular complexity index is 430. The Hall–Kier alpha value is -1.36. The third kappa shape index (κ3) is 1.95. The number of imide groups is 1. The minimum atomic E-state index is -0.265. The summed E-state index contributed by atoms with van der Waals surface area (Å²) in [6.45, 7) is 0.448. The van der Waals surface area contributed by atoms with Gasteiger partial charge < -0.3 is 0 Å². The number of urea groups is 1. The SMILES string of the molecule is CN1C(=O)CCN(c2ccc(Br)cc2)C1=O. The van der Waals surface area contributed by atoms with Crippen molar-refractivity contribution in [3.8, 4) is 0 Å². The molecule has 3 amide bonds. The molecule has 0 saturated carbocycles. The summed E-state index contributed by atoms with van der Waals surface area (Å²) in [7, 11) is 1.51. The molecule has 0 bridgehead atoms. The van der Waals surface area contributed by atoms with E-state index in [1.165, 1.54) is 7.05 Å². The van der Waals surface area contributed by atoms with Crippen molar-refractivity contribution in [2.75, 3.05) is 18.5 Å². The molecule has 1 aromatic carbocycles. The van der Waals surface area contributed by atoms with Gasteiger partial charge in [-0.25, -0.2) is 4.79 Å². The smallest absolute Gasteiger partial charge is 0.293 e. The monoisotopic (exact) mass is 282 g/mol. The molecule has 0 aliphatic carbocycles. The van der Waals surface area contributed by atoms with Crippen LogP contribution in [0.5, 0.6) is 0 Å². The first-order chi connectivity index (χ1) is 7.59. The third-order valence-corrected chi connectivity index (χ3v) is 3.11. The van der Waals surface area contributed by atoms with Gasteiger partial charge in [0.15, 0.2) is 0 Å². The quantitative estimate of drug-likeness (QED) is 0.793. The van der Waals surface area contributed by atoms with Crippen LogP contribution in [0.2, 0.25) is 0 Å². The molecule has 1 fully saturated rings. The van der Waals surface area contributed by atoms with Gasteiger partial charge >= 0.3 is 6.03 Å². The van der Waals surface area contributed by atoms with Crippen LogP contribution in [-0.4, -0.2) is 30.4 Å². The van der Waals surface area contributed by atoms with Crippen LogP contribution in [0, 0.1) is 0 Å². The Labute approximate surface area is 102 Å². The first kappa shape index (κ1) is 11.1. The Morgan fingerprint density at radius 3 is 2.44 bits per heavy atom. The number of carbonyl (C=O) groups excluding carboxylic acids is 2. The average Bonchev–Trinajstić information content (AvgIpc) is 2.28. The molecule has 0 aromatic heterocycles. The van der Waals surface area contributed by atoms with Gasteiger partial charge in [-0.05, 0) is 24.3 Å². The maximum absolute atomic E-state index is 11.8. The highest BCUT2D eigenvalue weighted by Crippen LogP contribution is 2.22. The Morgan fingerprint density at radius 1 is 1.19 bits per heavy atom. The number of hydrogen-bond acceptors (Lipinski definition) is 2. The van der Waals surface area contributed by atoms with Gasteiger partial charge in [-0.3, -0.25) is 14.6 Å². The second-order valence-corrected chi connectivity index (χ2v) is 4.53. The highest BCUT2D eigenvalue weighted by atomic mass is 79.9. The van der Waals surface area contributed by atoms with Gasteiger partial charge in [-0.15, -0.1) is 0 Å². The zero-order valence-corrected chi connectivity index (χ0v) is 10.4. The topological polar surface area (TPSA) is 40.6 Å². The summed E-state index contributed by atoms with van der Waals surface area (Å²) < 4.78 is 0.963. The van der Waals surface area contributed by atoms with E-state index < -0.39 is 0 Å². The molecule has 16 heavy (non-hydrogen) atoms. The number of hydrogen-bond donors (Lipinski definition) is 0. The van der Waals surface area contributed by atoms with Gasteiger partial charge in [0, 0.05) is 30.2 Å². The predicted octanol–water partition coefficient (Wildman–Crippen LogP) is 2.24. The molecule has 0 radical (unpaired) electrons. The van der Waals surface area contributed by atoms with Crippen LogP contribution >= 0.6 is 15.9 Å². The molecular weight excluding hydrogens is 272 g/mol. The van der Waals surface area contributed by atoms with E-state index in [9.17, 15) is 9.59 Å². The van der Waals surface area contributed by atoms with Gasteiger partial charge in [0.1, 0.15) is 0 Å². The molecule has 5 heteroatoms. The second kappa shape index (κ2) is 4.25. The van der Waals surface area contributed by atoms with Crippen LogP contribution in [0.15, 0.2) is 28.7 Å². The lowest BCUT2D eigenvalue weighted by atomic mass is 10.2. The van der Waals surface area contributed by atoms with E-state index in [1.54, 1.807) is 4.90 Å². The second-order valence-electron chi connectivity index (χ2n) is 3.61. The first-order valence-electron chi connectivity index (χ1n) is 4.93. The number of rotatable bonds is 1. The first-order valence-corrected chi connectivity index (χ1v) is 5.72. The van der Waals surface area contributed by atoms with Gasteiger partial charge in [0.2, 0.25) is 5.91 Å². The fraction of sp³-hybridized carbons (Fsp3) is 0.273. The average molecular weight is 283 g/mol. The van der Waals surface area contributed by atoms with Crippen molar-refractivity contribution in [3.63, 3.8) is 0 Å². The summed E-state index contributed by atoms with van der Waals surface area (Å²) in [5.74, 6) is -0.127. The molecule has 0 spiro atoms. The molecule has 0 N–H and O–H groups in total. The van der Waals surface area contributed by atoms with Gasteiger partial charge in [-0.1, -0.05) is 15.9 Å². The van der Waals surface area contributed by atoms with Crippen molar-refractivity contribution in [2.24, 2.45) is 0 Å². The lowest BCUT2D eigenvalue weighted by molar-refractivity contribution is -0.127. The van der Waals surface area contributed by atoms with Crippen LogP contribution in [0.1, 0.15) is 6.42 Å². The molecule has 4 nitrogen and oxygen atoms in total. The molecule has 1 aromatic rings. The van der Waals surface area contributed by atoms with Crippen LogP contribution in [-0.2, 0) is 4.79 Å². The predicted molar refractivity (Wildman–Crippen MR) is 64.3 cm³/mol. The van der Waals surface area contributed by atoms with Gasteiger partial charge in [0.05, 0.1) is 0 Å². The van der Waals surface area contributed by atoms with Crippen molar-refractivity contribution in [1.82, 2.24) is 4.90 Å². The molecule has 84 valence electrons. The Balaban J connectivity index is 2.25. The largest absolute Gasteiger partial charge is 0.330 e. The standard InChI is InChI=1S/C11H11BrN2O2/c1-13-10(15)6-7-14(11(13)16)9-4-2-8(12)3-5-9/h2-5H,6-7H2,1H3. The zero-order chi connectivity index (χ0) is 11.7. The van der Waals surface area contributed by atoms with Crippen LogP contribution in [0.25, 0.3) is 0 Å². The number of anilines is 1. The van der Waals surface area contributed by atoms with Gasteiger partial charge in [0.25, 0.3) is 0 Å². The number of amides is 3. The molecule has 1 heterocycles. The maximum atomic E-state index is 11.8. The molecule has 2 rings (SSSR count). The van der Waals surface area contributed by atoms with Gasteiger partial charge in [-0.2, -0.15) is 0 Å². The molecular formula is C11H11BrN2O2. The zero-order valence-electron chi connectivity index (χ0n) is 8.81. The molecule has 1 aliphatic heterocycles. The molecule has 0 unspecified atom stereocenters. The number of halogens is 1. The fourth-order valence-corrected chi connectivity index (χ4v) is 1.88. The van der Waals surface area contributed by atoms with E-state index >= 15 is 0 Å². The van der Waals surface area contributed by atoms with Crippen molar-refractivity contribution in [3.05, 3.63) is 28.7 Å². The maximum Gasteiger partial charge on any atom is 0.330 e. The third-order valence-electron chi connectivity index (χ3n) is 2.58. The van der Waals surface area contributed by atoms with E-state index in [-0.39, 0.29) is 11.9 Å². The van der Waals surface area contributed by atoms with Crippen LogP contribution in [0.3, 0.4) is 0 Å². The molecule has 1 aliphatic rings. The Kier molecular flexibility index (Phi) is 2.96. The normalized spacial score (nSPS) is 16.9. The molecule has 0 atom stereocenters. The van der Waals surface area contributed by atoms with E-state index in [0.717, 1.165) is 15.1 Å². The highest BCUT2D eigenvalue weighted by Gasteiger charge is 2.29. The summed E-state index contributed by atoms with van der Waals surface area (Å²) in [5.41, 5.74) is 0.813. The number of benzene rings is 1. The number of carbonyl (C=O) groups is 2. The Morgan fingerprint density at radius 2 is 1.81 bits per heavy atom. The summed E-state index contributed by atoms with van der Waals surface area (Å²) >= 11 is 3.34. The lowest BCUT2D eigenvalue weighted by Gasteiger charge is -2.31. The van der Waals surface area contributed by atoms with Crippen LogP contribution < -0.4 is 4.90 Å². The number of nitrogens with zero attached hydrogens (tertiary/aromatic N) is 2. The summed E-state index contributed by atoms with van der Waals surface area (Å²) in [4.78, 5) is 25.9. The van der Waals surface area contributed by atoms with Crippen molar-refractivity contribution in [2.45, 2.75) is 6.42 Å². The van der Waals surface area contributed by atoms with Crippen molar-refractivity contribution >= 4 is 33.6 Å². The van der Waals surface area contributed by atoms with Crippen molar-refractivity contribution in [1.29, 1.82) is 0 Å². The fourth-order valence-electron chi connectivity index (χ4n) is 1.62. The van der Waals surface area contributed by atoms with E-state index in [1.807, 2.05) is 24.3 Å². The van der Waals surface area contributed by atoms with Crippen LogP contribution in [0.4, 0.5) is 10.5 Å². The molecule has 1 saturated heterocycles. The minimum absolute atomic E-state index is 0.127. The summed E-state index contributed by atoms with van der Waals surface area (Å²) in [6, 6.07) is 7.19. The summed E-state index contributed by atoms with van der Waals surface area (Å²) in [6.07, 6.45) is 0.373. The van der Waals surface area contributed by atoms with E-state index in [0.29, 0.717) is 13.0 Å². The highest BCUT2D eigenvalue weighted by molar-refractivity contribution is 9.10. The minimum Gasteiger partial charge on any atom is -0.293 e. The lowest BCUT2D eigenvalue weighted by Crippen LogP contribution is -2.50. The van der Waals surface area contributed by atoms with E-state index in [2.05, 4.69) is 15.9 Å². The van der Waals surface area contributed by atoms with E-state index in [4.69, 9.17) is 0 Å².